The minimum atomic E-state index is -4.17. The molecular weight excluding hydrogens is 312 g/mol. The van der Waals surface area contributed by atoms with E-state index in [1.54, 1.807) is 6.07 Å². The first-order chi connectivity index (χ1) is 10.4. The zero-order valence-corrected chi connectivity index (χ0v) is 15.7. The quantitative estimate of drug-likeness (QED) is 0.689. The fourth-order valence-corrected chi connectivity index (χ4v) is 4.04. The van der Waals surface area contributed by atoms with Gasteiger partial charge in [-0.1, -0.05) is 53.4 Å². The molecule has 1 aromatic carbocycles. The summed E-state index contributed by atoms with van der Waals surface area (Å²) in [7, 11) is -4.17. The van der Waals surface area contributed by atoms with Gasteiger partial charge in [-0.05, 0) is 54.0 Å². The topological polar surface area (TPSA) is 85.9 Å². The molecule has 0 amide bonds. The van der Waals surface area contributed by atoms with Crippen LogP contribution >= 0.6 is 0 Å². The highest BCUT2D eigenvalue weighted by atomic mass is 32.2. The Hall–Kier alpha value is -0.910. The van der Waals surface area contributed by atoms with Crippen LogP contribution in [0.3, 0.4) is 0 Å². The van der Waals surface area contributed by atoms with Crippen LogP contribution in [0.5, 0.6) is 0 Å². The van der Waals surface area contributed by atoms with E-state index in [1.807, 2.05) is 6.92 Å². The molecule has 0 aromatic heterocycles. The number of hydrogen-bond donors (Lipinski definition) is 1. The number of rotatable bonds is 9. The molecule has 134 valence electrons. The van der Waals surface area contributed by atoms with Gasteiger partial charge >= 0.3 is 0 Å². The maximum atomic E-state index is 11.9. The molecule has 0 aliphatic heterocycles. The largest absolute Gasteiger partial charge is 0.412 e. The second-order valence-electron chi connectivity index (χ2n) is 5.94. The number of aryl methyl sites for hydroxylation is 1. The first-order valence-corrected chi connectivity index (χ1v) is 9.98. The summed E-state index contributed by atoms with van der Waals surface area (Å²) in [6.07, 6.45) is 7.29. The summed E-state index contributed by atoms with van der Waals surface area (Å²) in [4.78, 5) is 0.140. The van der Waals surface area contributed by atoms with Gasteiger partial charge in [-0.15, -0.1) is 0 Å². The highest BCUT2D eigenvalue weighted by Gasteiger charge is 2.22. The molecule has 0 aliphatic rings. The van der Waals surface area contributed by atoms with Gasteiger partial charge in [-0.3, -0.25) is 4.55 Å². The molecule has 0 spiro atoms. The van der Waals surface area contributed by atoms with Gasteiger partial charge in [0.25, 0.3) is 10.1 Å². The summed E-state index contributed by atoms with van der Waals surface area (Å²) >= 11 is 0. The van der Waals surface area contributed by atoms with E-state index in [0.29, 0.717) is 6.42 Å². The van der Waals surface area contributed by atoms with Crippen LogP contribution in [0.2, 0.25) is 0 Å². The van der Waals surface area contributed by atoms with Crippen molar-refractivity contribution in [1.29, 1.82) is 0 Å². The van der Waals surface area contributed by atoms with Gasteiger partial charge in [-0.25, -0.2) is 0 Å². The summed E-state index contributed by atoms with van der Waals surface area (Å²) in [6.45, 7) is 8.41. The van der Waals surface area contributed by atoms with Gasteiger partial charge in [0.05, 0.1) is 4.90 Å². The second kappa shape index (κ2) is 10.1. The van der Waals surface area contributed by atoms with Crippen LogP contribution in [0.1, 0.15) is 75.6 Å². The maximum Gasteiger partial charge on any atom is 0.294 e. The van der Waals surface area contributed by atoms with Gasteiger partial charge in [0, 0.05) is 0 Å². The fourth-order valence-electron chi connectivity index (χ4n) is 3.22. The van der Waals surface area contributed by atoms with E-state index in [4.69, 9.17) is 0 Å². The predicted octanol–water partition coefficient (Wildman–Crippen LogP) is 3.92. The smallest absolute Gasteiger partial charge is 0.294 e. The third kappa shape index (κ3) is 5.59. The normalized spacial score (nSPS) is 11.3. The fraction of sp³-hybridized carbons (Fsp3) is 0.667. The van der Waals surface area contributed by atoms with Gasteiger partial charge in [-0.2, -0.15) is 8.42 Å². The van der Waals surface area contributed by atoms with Crippen molar-refractivity contribution in [3.8, 4) is 0 Å². The molecule has 0 aliphatic carbocycles. The molecule has 0 saturated heterocycles. The summed E-state index contributed by atoms with van der Waals surface area (Å²) in [5.74, 6) is 0. The van der Waals surface area contributed by atoms with E-state index in [2.05, 4.69) is 20.8 Å². The van der Waals surface area contributed by atoms with Crippen LogP contribution in [0, 0.1) is 0 Å². The second-order valence-corrected chi connectivity index (χ2v) is 7.33. The highest BCUT2D eigenvalue weighted by molar-refractivity contribution is 7.85. The summed E-state index contributed by atoms with van der Waals surface area (Å²) in [6, 6.07) is 1.73. The summed E-state index contributed by atoms with van der Waals surface area (Å²) < 4.78 is 33.4. The van der Waals surface area contributed by atoms with Crippen LogP contribution in [-0.2, 0) is 35.8 Å². The molecule has 1 aromatic rings. The van der Waals surface area contributed by atoms with E-state index in [-0.39, 0.29) is 10.4 Å². The van der Waals surface area contributed by atoms with Crippen LogP contribution < -0.4 is 0 Å². The van der Waals surface area contributed by atoms with Crippen LogP contribution in [-0.4, -0.2) is 18.4 Å². The molecular formula is C18H32O4S. The Balaban J connectivity index is 0.00000484. The lowest BCUT2D eigenvalue weighted by atomic mass is 9.87. The lowest BCUT2D eigenvalue weighted by molar-refractivity contribution is 0.481. The van der Waals surface area contributed by atoms with Crippen molar-refractivity contribution in [2.75, 3.05) is 0 Å². The monoisotopic (exact) mass is 344 g/mol. The predicted molar refractivity (Wildman–Crippen MR) is 95.9 cm³/mol. The van der Waals surface area contributed by atoms with Crippen molar-refractivity contribution < 1.29 is 18.4 Å². The first-order valence-electron chi connectivity index (χ1n) is 8.54. The Bertz CT molecular complexity index is 592. The number of hydrogen-bond acceptors (Lipinski definition) is 2. The minimum Gasteiger partial charge on any atom is -0.412 e. The Labute approximate surface area is 141 Å². The van der Waals surface area contributed by atoms with Crippen LogP contribution in [0.4, 0.5) is 0 Å². The van der Waals surface area contributed by atoms with Gasteiger partial charge in [0.15, 0.2) is 0 Å². The SMILES string of the molecule is CCCc1cc(S(=O)(=O)O)c(CCC)c(CCC)c1CCC.O. The molecule has 0 heterocycles. The minimum absolute atomic E-state index is 0. The first kappa shape index (κ1) is 22.1. The molecule has 0 saturated carbocycles. The molecule has 3 N–H and O–H groups in total. The van der Waals surface area contributed by atoms with Crippen molar-refractivity contribution in [3.05, 3.63) is 28.3 Å². The van der Waals surface area contributed by atoms with Crippen molar-refractivity contribution >= 4 is 10.1 Å². The summed E-state index contributed by atoms with van der Waals surface area (Å²) in [5, 5.41) is 0. The average Bonchev–Trinajstić information content (AvgIpc) is 2.44. The molecule has 0 unspecified atom stereocenters. The van der Waals surface area contributed by atoms with E-state index in [9.17, 15) is 13.0 Å². The molecule has 5 heteroatoms. The van der Waals surface area contributed by atoms with E-state index in [1.165, 1.54) is 11.1 Å². The molecule has 0 fully saturated rings. The van der Waals surface area contributed by atoms with E-state index < -0.39 is 10.1 Å². The maximum absolute atomic E-state index is 11.9. The van der Waals surface area contributed by atoms with Gasteiger partial charge in [0.1, 0.15) is 0 Å². The zero-order valence-electron chi connectivity index (χ0n) is 14.9. The van der Waals surface area contributed by atoms with Crippen molar-refractivity contribution in [1.82, 2.24) is 0 Å². The Kier molecular flexibility index (Phi) is 9.66. The van der Waals surface area contributed by atoms with Gasteiger partial charge in [0.2, 0.25) is 0 Å². The molecule has 0 radical (unpaired) electrons. The Morgan fingerprint density at radius 1 is 0.783 bits per heavy atom. The average molecular weight is 345 g/mol. The Morgan fingerprint density at radius 2 is 1.22 bits per heavy atom. The standard InChI is InChI=1S/C18H30O3S.H2O/c1-5-9-14-13-18(22(19,20)21)17(12-8-4)16(11-7-3)15(14)10-6-2;/h13H,5-12H2,1-4H3,(H,19,20,21);1H2. The van der Waals surface area contributed by atoms with E-state index in [0.717, 1.165) is 56.1 Å². The zero-order chi connectivity index (χ0) is 16.8. The third-order valence-corrected chi connectivity index (χ3v) is 4.94. The van der Waals surface area contributed by atoms with Crippen LogP contribution in [0.15, 0.2) is 11.0 Å². The van der Waals surface area contributed by atoms with Crippen molar-refractivity contribution in [3.63, 3.8) is 0 Å². The van der Waals surface area contributed by atoms with Crippen molar-refractivity contribution in [2.24, 2.45) is 0 Å². The van der Waals surface area contributed by atoms with E-state index >= 15 is 0 Å². The van der Waals surface area contributed by atoms with Crippen molar-refractivity contribution in [2.45, 2.75) is 84.0 Å². The molecule has 0 atom stereocenters. The number of benzene rings is 1. The molecule has 0 bridgehead atoms. The van der Waals surface area contributed by atoms with Crippen LogP contribution in [0.25, 0.3) is 0 Å². The molecule has 4 nitrogen and oxygen atoms in total. The van der Waals surface area contributed by atoms with Gasteiger partial charge < -0.3 is 5.48 Å². The molecule has 1 rings (SSSR count). The Morgan fingerprint density at radius 3 is 1.65 bits per heavy atom. The highest BCUT2D eigenvalue weighted by Crippen LogP contribution is 2.31. The lowest BCUT2D eigenvalue weighted by Gasteiger charge is -2.21. The summed E-state index contributed by atoms with van der Waals surface area (Å²) in [5.41, 5.74) is 4.43. The lowest BCUT2D eigenvalue weighted by Crippen LogP contribution is -2.12. The molecule has 23 heavy (non-hydrogen) atoms. The third-order valence-electron chi connectivity index (χ3n) is 4.02.